The Kier molecular flexibility index (Phi) is 3.82. The average Bonchev–Trinajstić information content (AvgIpc) is 2.66. The zero-order chi connectivity index (χ0) is 14.4. The van der Waals surface area contributed by atoms with Gasteiger partial charge in [-0.05, 0) is 36.5 Å². The lowest BCUT2D eigenvalue weighted by atomic mass is 10.0. The number of sulfonamides is 1. The minimum absolute atomic E-state index is 0.230. The summed E-state index contributed by atoms with van der Waals surface area (Å²) in [6, 6.07) is 3.03. The van der Waals surface area contributed by atoms with Crippen LogP contribution in [0.5, 0.6) is 0 Å². The molecule has 106 valence electrons. The molecule has 2 atom stereocenters. The van der Waals surface area contributed by atoms with Gasteiger partial charge in [-0.2, -0.15) is 4.31 Å². The van der Waals surface area contributed by atoms with Crippen LogP contribution in [-0.2, 0) is 10.0 Å². The summed E-state index contributed by atoms with van der Waals surface area (Å²) in [4.78, 5) is 0.230. The molecule has 0 radical (unpaired) electrons. The van der Waals surface area contributed by atoms with Gasteiger partial charge in [-0.3, -0.25) is 0 Å². The Morgan fingerprint density at radius 3 is 2.26 bits per heavy atom. The van der Waals surface area contributed by atoms with Gasteiger partial charge in [0.1, 0.15) is 0 Å². The minimum Gasteiger partial charge on any atom is -0.397 e. The third-order valence-corrected chi connectivity index (χ3v) is 6.17. The third-order valence-electron chi connectivity index (χ3n) is 3.85. The summed E-state index contributed by atoms with van der Waals surface area (Å²) in [5.41, 5.74) is 6.74. The number of halogens is 1. The summed E-state index contributed by atoms with van der Waals surface area (Å²) in [5.74, 6) is 0.751. The van der Waals surface area contributed by atoms with E-state index in [-0.39, 0.29) is 4.90 Å². The van der Waals surface area contributed by atoms with Gasteiger partial charge in [-0.1, -0.05) is 25.4 Å². The van der Waals surface area contributed by atoms with Crippen LogP contribution in [0, 0.1) is 18.8 Å². The molecule has 1 fully saturated rings. The molecule has 0 spiro atoms. The van der Waals surface area contributed by atoms with Crippen LogP contribution in [0.2, 0.25) is 5.02 Å². The standard InChI is InChI=1S/C13H19ClN2O2S/c1-8-4-11(5-12(15)13(8)14)19(17,18)16-6-9(2)10(3)7-16/h4-5,9-10H,6-7,15H2,1-3H3. The first-order valence-corrected chi connectivity index (χ1v) is 8.11. The average molecular weight is 303 g/mol. The molecule has 1 aliphatic rings. The Morgan fingerprint density at radius 2 is 1.79 bits per heavy atom. The highest BCUT2D eigenvalue weighted by atomic mass is 35.5. The quantitative estimate of drug-likeness (QED) is 0.854. The van der Waals surface area contributed by atoms with Gasteiger partial charge < -0.3 is 5.73 Å². The smallest absolute Gasteiger partial charge is 0.243 e. The van der Waals surface area contributed by atoms with Crippen LogP contribution in [0.15, 0.2) is 17.0 Å². The van der Waals surface area contributed by atoms with E-state index in [2.05, 4.69) is 13.8 Å². The molecule has 6 heteroatoms. The largest absolute Gasteiger partial charge is 0.397 e. The van der Waals surface area contributed by atoms with Crippen LogP contribution >= 0.6 is 11.6 Å². The monoisotopic (exact) mass is 302 g/mol. The van der Waals surface area contributed by atoms with Crippen molar-refractivity contribution in [1.82, 2.24) is 4.31 Å². The van der Waals surface area contributed by atoms with Crippen LogP contribution in [0.4, 0.5) is 5.69 Å². The molecule has 1 heterocycles. The van der Waals surface area contributed by atoms with Gasteiger partial charge in [-0.15, -0.1) is 0 Å². The normalized spacial score (nSPS) is 24.8. The number of anilines is 1. The Balaban J connectivity index is 2.41. The van der Waals surface area contributed by atoms with Crippen LogP contribution in [-0.4, -0.2) is 25.8 Å². The van der Waals surface area contributed by atoms with Crippen molar-refractivity contribution in [1.29, 1.82) is 0 Å². The second kappa shape index (κ2) is 4.96. The summed E-state index contributed by atoms with van der Waals surface area (Å²) < 4.78 is 26.7. The van der Waals surface area contributed by atoms with Crippen molar-refractivity contribution in [3.63, 3.8) is 0 Å². The summed E-state index contributed by atoms with van der Waals surface area (Å²) in [6.45, 7) is 7.02. The summed E-state index contributed by atoms with van der Waals surface area (Å²) in [6.07, 6.45) is 0. The molecule has 1 aromatic rings. The van der Waals surface area contributed by atoms with E-state index in [1.807, 2.05) is 0 Å². The van der Waals surface area contributed by atoms with Crippen molar-refractivity contribution < 1.29 is 8.42 Å². The van der Waals surface area contributed by atoms with Crippen molar-refractivity contribution in [3.8, 4) is 0 Å². The molecule has 2 N–H and O–H groups in total. The zero-order valence-electron chi connectivity index (χ0n) is 11.4. The molecule has 0 aliphatic carbocycles. The number of nitrogens with zero attached hydrogens (tertiary/aromatic N) is 1. The summed E-state index contributed by atoms with van der Waals surface area (Å²) in [7, 11) is -3.47. The first kappa shape index (κ1) is 14.6. The number of aryl methyl sites for hydroxylation is 1. The van der Waals surface area contributed by atoms with E-state index in [4.69, 9.17) is 17.3 Å². The van der Waals surface area contributed by atoms with E-state index in [9.17, 15) is 8.42 Å². The summed E-state index contributed by atoms with van der Waals surface area (Å²) >= 11 is 5.97. The SMILES string of the molecule is Cc1cc(S(=O)(=O)N2CC(C)C(C)C2)cc(N)c1Cl. The number of benzene rings is 1. The molecular formula is C13H19ClN2O2S. The van der Waals surface area contributed by atoms with Crippen molar-refractivity contribution in [3.05, 3.63) is 22.7 Å². The van der Waals surface area contributed by atoms with Crippen molar-refractivity contribution >= 4 is 27.3 Å². The van der Waals surface area contributed by atoms with Gasteiger partial charge in [0.15, 0.2) is 0 Å². The fraction of sp³-hybridized carbons (Fsp3) is 0.538. The fourth-order valence-electron chi connectivity index (χ4n) is 2.33. The van der Waals surface area contributed by atoms with Gasteiger partial charge in [-0.25, -0.2) is 8.42 Å². The van der Waals surface area contributed by atoms with Gasteiger partial charge in [0.05, 0.1) is 15.6 Å². The molecule has 0 amide bonds. The maximum absolute atomic E-state index is 12.6. The number of nitrogens with two attached hydrogens (primary N) is 1. The van der Waals surface area contributed by atoms with E-state index < -0.39 is 10.0 Å². The van der Waals surface area contributed by atoms with Crippen LogP contribution in [0.25, 0.3) is 0 Å². The maximum atomic E-state index is 12.6. The predicted octanol–water partition coefficient (Wildman–Crippen LogP) is 2.51. The van der Waals surface area contributed by atoms with E-state index in [1.54, 1.807) is 13.0 Å². The Labute approximate surface area is 119 Å². The summed E-state index contributed by atoms with van der Waals surface area (Å²) in [5, 5.41) is 0.419. The number of rotatable bonds is 2. The highest BCUT2D eigenvalue weighted by molar-refractivity contribution is 7.89. The van der Waals surface area contributed by atoms with Crippen LogP contribution in [0.1, 0.15) is 19.4 Å². The molecule has 4 nitrogen and oxygen atoms in total. The highest BCUT2D eigenvalue weighted by Crippen LogP contribution is 2.32. The van der Waals surface area contributed by atoms with Gasteiger partial charge in [0, 0.05) is 13.1 Å². The topological polar surface area (TPSA) is 63.4 Å². The van der Waals surface area contributed by atoms with E-state index in [0.717, 1.165) is 0 Å². The molecule has 0 saturated carbocycles. The lowest BCUT2D eigenvalue weighted by Crippen LogP contribution is -2.29. The van der Waals surface area contributed by atoms with E-state index >= 15 is 0 Å². The number of hydrogen-bond acceptors (Lipinski definition) is 3. The highest BCUT2D eigenvalue weighted by Gasteiger charge is 2.35. The Morgan fingerprint density at radius 1 is 1.26 bits per heavy atom. The molecular weight excluding hydrogens is 284 g/mol. The molecule has 1 saturated heterocycles. The Bertz CT molecular complexity index is 568. The van der Waals surface area contributed by atoms with Gasteiger partial charge >= 0.3 is 0 Å². The van der Waals surface area contributed by atoms with Crippen LogP contribution < -0.4 is 5.73 Å². The maximum Gasteiger partial charge on any atom is 0.243 e. The van der Waals surface area contributed by atoms with Crippen molar-refractivity contribution in [2.75, 3.05) is 18.8 Å². The number of nitrogen functional groups attached to an aromatic ring is 1. The lowest BCUT2D eigenvalue weighted by molar-refractivity contribution is 0.463. The molecule has 1 aromatic carbocycles. The third kappa shape index (κ3) is 2.59. The molecule has 0 bridgehead atoms. The second-order valence-corrected chi connectivity index (χ2v) is 7.74. The molecule has 2 rings (SSSR count). The predicted molar refractivity (Wildman–Crippen MR) is 77.7 cm³/mol. The minimum atomic E-state index is -3.47. The van der Waals surface area contributed by atoms with E-state index in [1.165, 1.54) is 10.4 Å². The molecule has 0 aromatic heterocycles. The van der Waals surface area contributed by atoms with Crippen LogP contribution in [0.3, 0.4) is 0 Å². The molecule has 1 aliphatic heterocycles. The first-order chi connectivity index (χ1) is 8.73. The lowest BCUT2D eigenvalue weighted by Gasteiger charge is -2.17. The number of hydrogen-bond donors (Lipinski definition) is 1. The molecule has 2 unspecified atom stereocenters. The Hall–Kier alpha value is -0.780. The second-order valence-electron chi connectivity index (χ2n) is 5.42. The first-order valence-electron chi connectivity index (χ1n) is 6.29. The van der Waals surface area contributed by atoms with Gasteiger partial charge in [0.25, 0.3) is 0 Å². The van der Waals surface area contributed by atoms with Gasteiger partial charge in [0.2, 0.25) is 10.0 Å². The zero-order valence-corrected chi connectivity index (χ0v) is 12.9. The van der Waals surface area contributed by atoms with Crippen molar-refractivity contribution in [2.45, 2.75) is 25.7 Å². The molecule has 19 heavy (non-hydrogen) atoms. The van der Waals surface area contributed by atoms with Crippen molar-refractivity contribution in [2.24, 2.45) is 11.8 Å². The fourth-order valence-corrected chi connectivity index (χ4v) is 4.21. The van der Waals surface area contributed by atoms with E-state index in [0.29, 0.717) is 41.2 Å².